The molecule has 0 radical (unpaired) electrons. The molecule has 5 N–H and O–H groups in total. The summed E-state index contributed by atoms with van der Waals surface area (Å²) in [5, 5.41) is 2.85. The van der Waals surface area contributed by atoms with Crippen molar-refractivity contribution >= 4 is 40.9 Å². The molecule has 2 amide bonds. The lowest BCUT2D eigenvalue weighted by atomic mass is 10.2. The van der Waals surface area contributed by atoms with Gasteiger partial charge in [0.05, 0.1) is 16.6 Å². The van der Waals surface area contributed by atoms with Gasteiger partial charge >= 0.3 is 0 Å². The number of carbonyl (C=O) groups excluding carboxylic acids is 2. The predicted octanol–water partition coefficient (Wildman–Crippen LogP) is 1.46. The Kier molecular flexibility index (Phi) is 6.14. The topological polar surface area (TPSA) is 98.2 Å². The number of hydrogen-bond acceptors (Lipinski definition) is 4. The third-order valence-corrected chi connectivity index (χ3v) is 3.43. The Balaban J connectivity index is 2.70. The van der Waals surface area contributed by atoms with Crippen molar-refractivity contribution in [1.82, 2.24) is 0 Å². The Labute approximate surface area is 121 Å². The van der Waals surface area contributed by atoms with Gasteiger partial charge < -0.3 is 16.8 Å². The van der Waals surface area contributed by atoms with E-state index in [-0.39, 0.29) is 16.5 Å². The maximum Gasteiger partial charge on any atom is 0.250 e. The molecule has 0 bridgehead atoms. The highest BCUT2D eigenvalue weighted by atomic mass is 35.5. The van der Waals surface area contributed by atoms with E-state index in [2.05, 4.69) is 5.32 Å². The second-order valence-electron chi connectivity index (χ2n) is 3.94. The first-order valence-corrected chi connectivity index (χ1v) is 7.37. The van der Waals surface area contributed by atoms with Crippen molar-refractivity contribution in [1.29, 1.82) is 0 Å². The van der Waals surface area contributed by atoms with Crippen LogP contribution >= 0.6 is 23.4 Å². The van der Waals surface area contributed by atoms with E-state index in [1.54, 1.807) is 17.8 Å². The summed E-state index contributed by atoms with van der Waals surface area (Å²) in [6.07, 6.45) is 2.55. The first-order chi connectivity index (χ1) is 8.95. The molecule has 7 heteroatoms. The number of hydrogen-bond donors (Lipinski definition) is 3. The Morgan fingerprint density at radius 3 is 2.68 bits per heavy atom. The van der Waals surface area contributed by atoms with Gasteiger partial charge in [-0.3, -0.25) is 9.59 Å². The summed E-state index contributed by atoms with van der Waals surface area (Å²) in [4.78, 5) is 22.8. The lowest BCUT2D eigenvalue weighted by molar-refractivity contribution is -0.117. The summed E-state index contributed by atoms with van der Waals surface area (Å²) in [6, 6.07) is 3.93. The number of rotatable bonds is 6. The molecule has 1 aromatic rings. The van der Waals surface area contributed by atoms with Crippen molar-refractivity contribution in [2.24, 2.45) is 11.5 Å². The van der Waals surface area contributed by atoms with E-state index < -0.39 is 11.9 Å². The molecule has 19 heavy (non-hydrogen) atoms. The summed E-state index contributed by atoms with van der Waals surface area (Å²) >= 11 is 7.51. The van der Waals surface area contributed by atoms with Crippen LogP contribution in [0.3, 0.4) is 0 Å². The van der Waals surface area contributed by atoms with E-state index in [9.17, 15) is 9.59 Å². The molecule has 0 aromatic heterocycles. The number of halogens is 1. The summed E-state index contributed by atoms with van der Waals surface area (Å²) in [5.41, 5.74) is 11.6. The normalized spacial score (nSPS) is 11.9. The van der Waals surface area contributed by atoms with Gasteiger partial charge in [-0.25, -0.2) is 0 Å². The van der Waals surface area contributed by atoms with Crippen molar-refractivity contribution < 1.29 is 9.59 Å². The van der Waals surface area contributed by atoms with Gasteiger partial charge in [-0.05, 0) is 36.6 Å². The maximum absolute atomic E-state index is 11.8. The molecule has 0 aliphatic heterocycles. The number of thioether (sulfide) groups is 1. The fourth-order valence-electron chi connectivity index (χ4n) is 1.40. The summed E-state index contributed by atoms with van der Waals surface area (Å²) in [6.45, 7) is 0. The Morgan fingerprint density at radius 1 is 1.47 bits per heavy atom. The van der Waals surface area contributed by atoms with Gasteiger partial charge in [0.2, 0.25) is 11.8 Å². The summed E-state index contributed by atoms with van der Waals surface area (Å²) in [5.74, 6) is -0.0767. The molecular weight excluding hydrogens is 286 g/mol. The number of nitrogens with one attached hydrogen (secondary N) is 1. The fraction of sp³-hybridized carbons (Fsp3) is 0.333. The molecule has 0 saturated heterocycles. The van der Waals surface area contributed by atoms with Crippen molar-refractivity contribution in [2.75, 3.05) is 17.3 Å². The number of benzene rings is 1. The number of carbonyl (C=O) groups is 2. The lowest BCUT2D eigenvalue weighted by Gasteiger charge is -2.12. The van der Waals surface area contributed by atoms with E-state index in [4.69, 9.17) is 23.1 Å². The molecule has 0 fully saturated rings. The molecule has 0 unspecified atom stereocenters. The van der Waals surface area contributed by atoms with E-state index in [0.717, 1.165) is 5.75 Å². The Hall–Kier alpha value is -1.24. The minimum atomic E-state index is -0.612. The molecule has 0 saturated carbocycles. The minimum Gasteiger partial charge on any atom is -0.366 e. The number of anilines is 1. The maximum atomic E-state index is 11.8. The SMILES string of the molecule is CSCC[C@H](N)C(=O)Nc1ccc(C(N)=O)c(Cl)c1. The Bertz CT molecular complexity index is 482. The number of nitrogens with two attached hydrogens (primary N) is 2. The molecule has 1 atom stereocenters. The highest BCUT2D eigenvalue weighted by Crippen LogP contribution is 2.20. The average molecular weight is 302 g/mol. The van der Waals surface area contributed by atoms with E-state index in [1.807, 2.05) is 6.26 Å². The zero-order valence-corrected chi connectivity index (χ0v) is 12.1. The predicted molar refractivity (Wildman–Crippen MR) is 79.6 cm³/mol. The van der Waals surface area contributed by atoms with Crippen LogP contribution in [0, 0.1) is 0 Å². The van der Waals surface area contributed by atoms with E-state index >= 15 is 0 Å². The minimum absolute atomic E-state index is 0.197. The molecule has 1 aromatic carbocycles. The fourth-order valence-corrected chi connectivity index (χ4v) is 2.17. The van der Waals surface area contributed by atoms with Crippen LogP contribution in [-0.4, -0.2) is 29.9 Å². The molecule has 0 aliphatic rings. The van der Waals surface area contributed by atoms with Gasteiger partial charge in [-0.15, -0.1) is 0 Å². The smallest absolute Gasteiger partial charge is 0.250 e. The quantitative estimate of drug-likeness (QED) is 0.741. The van der Waals surface area contributed by atoms with Crippen LogP contribution in [-0.2, 0) is 4.79 Å². The van der Waals surface area contributed by atoms with Crippen LogP contribution in [0.4, 0.5) is 5.69 Å². The first kappa shape index (κ1) is 15.8. The van der Waals surface area contributed by atoms with Crippen molar-refractivity contribution in [2.45, 2.75) is 12.5 Å². The average Bonchev–Trinajstić information content (AvgIpc) is 2.35. The lowest BCUT2D eigenvalue weighted by Crippen LogP contribution is -2.36. The van der Waals surface area contributed by atoms with Crippen LogP contribution < -0.4 is 16.8 Å². The third-order valence-electron chi connectivity index (χ3n) is 2.47. The zero-order chi connectivity index (χ0) is 14.4. The zero-order valence-electron chi connectivity index (χ0n) is 10.5. The second-order valence-corrected chi connectivity index (χ2v) is 5.33. The summed E-state index contributed by atoms with van der Waals surface area (Å²) < 4.78 is 0. The van der Waals surface area contributed by atoms with Crippen LogP contribution in [0.1, 0.15) is 16.8 Å². The van der Waals surface area contributed by atoms with Gasteiger partial charge in [0.25, 0.3) is 0 Å². The van der Waals surface area contributed by atoms with Crippen LogP contribution in [0.15, 0.2) is 18.2 Å². The standard InChI is InChI=1S/C12H16ClN3O2S/c1-19-5-4-10(14)12(18)16-7-2-3-8(11(15)17)9(13)6-7/h2-3,6,10H,4-5,14H2,1H3,(H2,15,17)(H,16,18)/t10-/m0/s1. The highest BCUT2D eigenvalue weighted by Gasteiger charge is 2.14. The van der Waals surface area contributed by atoms with E-state index in [0.29, 0.717) is 12.1 Å². The largest absolute Gasteiger partial charge is 0.366 e. The van der Waals surface area contributed by atoms with Crippen LogP contribution in [0.2, 0.25) is 5.02 Å². The molecule has 104 valence electrons. The third kappa shape index (κ3) is 4.74. The van der Waals surface area contributed by atoms with E-state index in [1.165, 1.54) is 12.1 Å². The van der Waals surface area contributed by atoms with Crippen LogP contribution in [0.25, 0.3) is 0 Å². The number of primary amides is 1. The first-order valence-electron chi connectivity index (χ1n) is 5.60. The molecule has 0 spiro atoms. The molecule has 1 rings (SSSR count). The van der Waals surface area contributed by atoms with Gasteiger partial charge in [-0.2, -0.15) is 11.8 Å². The van der Waals surface area contributed by atoms with Crippen molar-refractivity contribution in [3.63, 3.8) is 0 Å². The Morgan fingerprint density at radius 2 is 2.16 bits per heavy atom. The number of amides is 2. The van der Waals surface area contributed by atoms with Gasteiger partial charge in [0.1, 0.15) is 0 Å². The second kappa shape index (κ2) is 7.37. The molecule has 5 nitrogen and oxygen atoms in total. The monoisotopic (exact) mass is 301 g/mol. The van der Waals surface area contributed by atoms with Gasteiger partial charge in [0.15, 0.2) is 0 Å². The molecule has 0 aliphatic carbocycles. The van der Waals surface area contributed by atoms with Crippen molar-refractivity contribution in [3.05, 3.63) is 28.8 Å². The van der Waals surface area contributed by atoms with Gasteiger partial charge in [-0.1, -0.05) is 11.6 Å². The van der Waals surface area contributed by atoms with Crippen molar-refractivity contribution in [3.8, 4) is 0 Å². The molecule has 0 heterocycles. The van der Waals surface area contributed by atoms with Crippen LogP contribution in [0.5, 0.6) is 0 Å². The molecular formula is C12H16ClN3O2S. The van der Waals surface area contributed by atoms with Gasteiger partial charge in [0, 0.05) is 5.69 Å². The summed E-state index contributed by atoms with van der Waals surface area (Å²) in [7, 11) is 0. The highest BCUT2D eigenvalue weighted by molar-refractivity contribution is 7.98.